The van der Waals surface area contributed by atoms with Gasteiger partial charge in [-0.15, -0.1) is 0 Å². The molecule has 1 N–H and O–H groups in total. The van der Waals surface area contributed by atoms with Crippen LogP contribution >= 0.6 is 0 Å². The van der Waals surface area contributed by atoms with Crippen LogP contribution < -0.4 is 4.73 Å². The predicted molar refractivity (Wildman–Crippen MR) is 75.8 cm³/mol. The van der Waals surface area contributed by atoms with E-state index in [1.54, 1.807) is 0 Å². The molecule has 20 heavy (non-hydrogen) atoms. The third-order valence-corrected chi connectivity index (χ3v) is 3.87. The molecule has 2 aromatic heterocycles. The molecule has 1 aliphatic rings. The highest BCUT2D eigenvalue weighted by Gasteiger charge is 2.22. The van der Waals surface area contributed by atoms with E-state index in [-0.39, 0.29) is 0 Å². The fourth-order valence-corrected chi connectivity index (χ4v) is 2.88. The van der Waals surface area contributed by atoms with Crippen molar-refractivity contribution in [1.82, 2.24) is 10.2 Å². The number of benzene rings is 1. The van der Waals surface area contributed by atoms with Crippen LogP contribution in [-0.2, 0) is 12.8 Å². The number of aryl methyl sites for hydroxylation is 1. The van der Waals surface area contributed by atoms with E-state index in [0.29, 0.717) is 0 Å². The molecule has 4 nitrogen and oxygen atoms in total. The summed E-state index contributed by atoms with van der Waals surface area (Å²) in [7, 11) is 0. The summed E-state index contributed by atoms with van der Waals surface area (Å²) in [5, 5.41) is 18.8. The zero-order chi connectivity index (χ0) is 13.5. The molecule has 0 bridgehead atoms. The molecular weight excluding hydrogens is 250 g/mol. The Morgan fingerprint density at radius 2 is 1.85 bits per heavy atom. The summed E-state index contributed by atoms with van der Waals surface area (Å²) < 4.78 is 0.790. The van der Waals surface area contributed by atoms with E-state index in [2.05, 4.69) is 34.5 Å². The van der Waals surface area contributed by atoms with Crippen LogP contribution in [-0.4, -0.2) is 10.2 Å². The largest absolute Gasteiger partial charge is 0.619 e. The van der Waals surface area contributed by atoms with Gasteiger partial charge in [0.15, 0.2) is 12.4 Å². The number of hydrogen-bond donors (Lipinski definition) is 1. The first-order valence-electron chi connectivity index (χ1n) is 6.67. The SMILES string of the molecule is [O-][n+]1ccc(-c2n[nH]c3c2CCc2ccccc2-3)cc1. The van der Waals surface area contributed by atoms with Crippen molar-refractivity contribution in [3.05, 3.63) is 65.1 Å². The monoisotopic (exact) mass is 263 g/mol. The molecule has 4 heteroatoms. The fraction of sp³-hybridized carbons (Fsp3) is 0.125. The van der Waals surface area contributed by atoms with Crippen LogP contribution in [0.3, 0.4) is 0 Å². The quantitative estimate of drug-likeness (QED) is 0.541. The van der Waals surface area contributed by atoms with Crippen LogP contribution in [0.5, 0.6) is 0 Å². The molecule has 0 aliphatic heterocycles. The lowest BCUT2D eigenvalue weighted by Crippen LogP contribution is -2.23. The number of pyridine rings is 1. The molecule has 3 aromatic rings. The number of hydrogen-bond acceptors (Lipinski definition) is 2. The lowest BCUT2D eigenvalue weighted by molar-refractivity contribution is -0.605. The van der Waals surface area contributed by atoms with Gasteiger partial charge in [-0.1, -0.05) is 24.3 Å². The molecule has 0 atom stereocenters. The van der Waals surface area contributed by atoms with Gasteiger partial charge in [0.25, 0.3) is 0 Å². The highest BCUT2D eigenvalue weighted by Crippen LogP contribution is 2.36. The first kappa shape index (κ1) is 11.2. The predicted octanol–water partition coefficient (Wildman–Crippen LogP) is 2.48. The van der Waals surface area contributed by atoms with Crippen LogP contribution in [0.15, 0.2) is 48.8 Å². The zero-order valence-electron chi connectivity index (χ0n) is 10.8. The average Bonchev–Trinajstić information content (AvgIpc) is 2.92. The van der Waals surface area contributed by atoms with Crippen molar-refractivity contribution in [1.29, 1.82) is 0 Å². The summed E-state index contributed by atoms with van der Waals surface area (Å²) in [5.74, 6) is 0. The van der Waals surface area contributed by atoms with Crippen LogP contribution in [0.25, 0.3) is 22.5 Å². The average molecular weight is 263 g/mol. The summed E-state index contributed by atoms with van der Waals surface area (Å²) in [6, 6.07) is 12.0. The van der Waals surface area contributed by atoms with E-state index >= 15 is 0 Å². The van der Waals surface area contributed by atoms with Crippen molar-refractivity contribution in [3.8, 4) is 22.5 Å². The van der Waals surface area contributed by atoms with Crippen LogP contribution in [0, 0.1) is 5.21 Å². The number of aromatic nitrogens is 3. The van der Waals surface area contributed by atoms with Gasteiger partial charge in [-0.25, -0.2) is 0 Å². The fourth-order valence-electron chi connectivity index (χ4n) is 2.88. The van der Waals surface area contributed by atoms with Gasteiger partial charge in [0, 0.05) is 28.8 Å². The minimum atomic E-state index is 0.790. The molecule has 4 rings (SSSR count). The molecule has 0 unspecified atom stereocenters. The summed E-state index contributed by atoms with van der Waals surface area (Å²) in [6.07, 6.45) is 5.02. The topological polar surface area (TPSA) is 55.6 Å². The Labute approximate surface area is 116 Å². The standard InChI is InChI=1S/C16H13N3O/c20-19-9-7-12(8-10-19)15-14-6-5-11-3-1-2-4-13(11)16(14)18-17-15/h1-4,7-10H,5-6H2,(H,17,18). The Hall–Kier alpha value is -2.62. The maximum Gasteiger partial charge on any atom is 0.181 e. The van der Waals surface area contributed by atoms with Crippen molar-refractivity contribution in [3.63, 3.8) is 0 Å². The molecule has 0 saturated heterocycles. The first-order chi connectivity index (χ1) is 9.83. The summed E-state index contributed by atoms with van der Waals surface area (Å²) in [5.41, 5.74) is 6.89. The second kappa shape index (κ2) is 4.20. The number of nitrogens with zero attached hydrogens (tertiary/aromatic N) is 2. The number of nitrogens with one attached hydrogen (secondary N) is 1. The minimum absolute atomic E-state index is 0.790. The highest BCUT2D eigenvalue weighted by atomic mass is 16.5. The number of fused-ring (bicyclic) bond motifs is 3. The third-order valence-electron chi connectivity index (χ3n) is 3.87. The molecule has 0 amide bonds. The van der Waals surface area contributed by atoms with Gasteiger partial charge < -0.3 is 5.21 Å². The van der Waals surface area contributed by atoms with E-state index in [1.165, 1.54) is 29.1 Å². The second-order valence-corrected chi connectivity index (χ2v) is 5.03. The summed E-state index contributed by atoms with van der Waals surface area (Å²) in [6.45, 7) is 0. The molecule has 0 radical (unpaired) electrons. The third kappa shape index (κ3) is 1.61. The molecule has 0 fully saturated rings. The number of rotatable bonds is 1. The number of aromatic amines is 1. The molecule has 1 aromatic carbocycles. The second-order valence-electron chi connectivity index (χ2n) is 5.03. The van der Waals surface area contributed by atoms with Crippen LogP contribution in [0.4, 0.5) is 0 Å². The van der Waals surface area contributed by atoms with Crippen molar-refractivity contribution in [2.24, 2.45) is 0 Å². The van der Waals surface area contributed by atoms with Crippen molar-refractivity contribution >= 4 is 0 Å². The summed E-state index contributed by atoms with van der Waals surface area (Å²) >= 11 is 0. The van der Waals surface area contributed by atoms with Gasteiger partial charge in [0.05, 0.1) is 11.4 Å². The van der Waals surface area contributed by atoms with Crippen molar-refractivity contribution in [2.75, 3.05) is 0 Å². The Morgan fingerprint density at radius 1 is 1.05 bits per heavy atom. The molecular formula is C16H13N3O. The van der Waals surface area contributed by atoms with E-state index in [1.807, 2.05) is 12.1 Å². The Morgan fingerprint density at radius 3 is 2.70 bits per heavy atom. The van der Waals surface area contributed by atoms with Gasteiger partial charge in [-0.2, -0.15) is 9.83 Å². The Bertz CT molecular complexity index is 775. The van der Waals surface area contributed by atoms with Gasteiger partial charge in [0.2, 0.25) is 0 Å². The van der Waals surface area contributed by atoms with Crippen LogP contribution in [0.2, 0.25) is 0 Å². The molecule has 0 spiro atoms. The Balaban J connectivity index is 1.87. The van der Waals surface area contributed by atoms with E-state index in [9.17, 15) is 5.21 Å². The van der Waals surface area contributed by atoms with E-state index in [0.717, 1.165) is 34.5 Å². The smallest absolute Gasteiger partial charge is 0.181 e. The molecule has 98 valence electrons. The van der Waals surface area contributed by atoms with Gasteiger partial charge in [-0.3, -0.25) is 5.10 Å². The van der Waals surface area contributed by atoms with Gasteiger partial charge in [-0.05, 0) is 18.4 Å². The molecule has 1 aliphatic carbocycles. The first-order valence-corrected chi connectivity index (χ1v) is 6.67. The Kier molecular flexibility index (Phi) is 2.36. The summed E-state index contributed by atoms with van der Waals surface area (Å²) in [4.78, 5) is 0. The molecule has 2 heterocycles. The zero-order valence-corrected chi connectivity index (χ0v) is 10.8. The number of H-pyrrole nitrogens is 1. The van der Waals surface area contributed by atoms with Crippen molar-refractivity contribution in [2.45, 2.75) is 12.8 Å². The molecule has 0 saturated carbocycles. The van der Waals surface area contributed by atoms with Gasteiger partial charge >= 0.3 is 0 Å². The highest BCUT2D eigenvalue weighted by molar-refractivity contribution is 5.77. The lowest BCUT2D eigenvalue weighted by atomic mass is 9.88. The normalized spacial score (nSPS) is 12.8. The van der Waals surface area contributed by atoms with E-state index in [4.69, 9.17) is 0 Å². The van der Waals surface area contributed by atoms with Crippen LogP contribution in [0.1, 0.15) is 11.1 Å². The lowest BCUT2D eigenvalue weighted by Gasteiger charge is -2.16. The van der Waals surface area contributed by atoms with E-state index < -0.39 is 0 Å². The van der Waals surface area contributed by atoms with Gasteiger partial charge in [0.1, 0.15) is 0 Å². The minimum Gasteiger partial charge on any atom is -0.619 e. The van der Waals surface area contributed by atoms with Crippen molar-refractivity contribution < 1.29 is 4.73 Å². The maximum atomic E-state index is 11.1. The maximum absolute atomic E-state index is 11.1.